The maximum atomic E-state index is 11.5. The van der Waals surface area contributed by atoms with E-state index in [-0.39, 0.29) is 23.7 Å². The van der Waals surface area contributed by atoms with Gasteiger partial charge in [0.25, 0.3) is 0 Å². The zero-order valence-electron chi connectivity index (χ0n) is 8.29. The Balaban J connectivity index is 2.13. The van der Waals surface area contributed by atoms with Crippen molar-refractivity contribution in [2.24, 2.45) is 11.8 Å². The number of rotatable bonds is 1. The molecular weight excluding hydrogens is 182 g/mol. The summed E-state index contributed by atoms with van der Waals surface area (Å²) in [5, 5.41) is 2.73. The van der Waals surface area contributed by atoms with Gasteiger partial charge >= 0.3 is 5.97 Å². The van der Waals surface area contributed by atoms with Crippen LogP contribution in [0.5, 0.6) is 0 Å². The second-order valence-electron chi connectivity index (χ2n) is 4.06. The molecule has 1 saturated carbocycles. The maximum absolute atomic E-state index is 11.5. The van der Waals surface area contributed by atoms with Gasteiger partial charge in [0.2, 0.25) is 5.91 Å². The molecule has 0 spiro atoms. The predicted octanol–water partition coefficient (Wildman–Crippen LogP) is 0.464. The van der Waals surface area contributed by atoms with Crippen molar-refractivity contribution in [1.29, 1.82) is 0 Å². The lowest BCUT2D eigenvalue weighted by molar-refractivity contribution is -0.144. The van der Waals surface area contributed by atoms with Gasteiger partial charge in [-0.15, -0.1) is 0 Å². The van der Waals surface area contributed by atoms with Gasteiger partial charge < -0.3 is 10.1 Å². The summed E-state index contributed by atoms with van der Waals surface area (Å²) in [6.07, 6.45) is 4.10. The number of esters is 1. The third-order valence-corrected chi connectivity index (χ3v) is 3.34. The smallest absolute Gasteiger partial charge is 0.328 e. The maximum Gasteiger partial charge on any atom is 0.328 e. The van der Waals surface area contributed by atoms with Crippen LogP contribution < -0.4 is 5.32 Å². The second kappa shape index (κ2) is 3.59. The highest BCUT2D eigenvalue weighted by atomic mass is 16.5. The van der Waals surface area contributed by atoms with E-state index >= 15 is 0 Å². The van der Waals surface area contributed by atoms with Crippen LogP contribution >= 0.6 is 0 Å². The number of carbonyl (C=O) groups excluding carboxylic acids is 2. The first-order chi connectivity index (χ1) is 6.74. The van der Waals surface area contributed by atoms with E-state index < -0.39 is 6.04 Å². The van der Waals surface area contributed by atoms with Gasteiger partial charge in [-0.25, -0.2) is 4.79 Å². The molecule has 3 atom stereocenters. The van der Waals surface area contributed by atoms with Crippen molar-refractivity contribution < 1.29 is 14.3 Å². The quantitative estimate of drug-likeness (QED) is 0.621. The summed E-state index contributed by atoms with van der Waals surface area (Å²) in [4.78, 5) is 22.9. The van der Waals surface area contributed by atoms with E-state index in [0.29, 0.717) is 0 Å². The minimum Gasteiger partial charge on any atom is -0.467 e. The Kier molecular flexibility index (Phi) is 2.44. The Morgan fingerprint density at radius 1 is 1.43 bits per heavy atom. The highest BCUT2D eigenvalue weighted by Gasteiger charge is 2.46. The summed E-state index contributed by atoms with van der Waals surface area (Å²) in [7, 11) is 1.37. The summed E-state index contributed by atoms with van der Waals surface area (Å²) in [6, 6.07) is -0.391. The lowest BCUT2D eigenvalue weighted by Crippen LogP contribution is -2.38. The Hall–Kier alpha value is -1.06. The molecule has 0 bridgehead atoms. The third-order valence-electron chi connectivity index (χ3n) is 3.34. The van der Waals surface area contributed by atoms with Gasteiger partial charge in [0.1, 0.15) is 6.04 Å². The Bertz CT molecular complexity index is 262. The van der Waals surface area contributed by atoms with Crippen molar-refractivity contribution in [3.05, 3.63) is 0 Å². The van der Waals surface area contributed by atoms with Crippen LogP contribution in [0, 0.1) is 11.8 Å². The van der Waals surface area contributed by atoms with Gasteiger partial charge in [0, 0.05) is 11.8 Å². The van der Waals surface area contributed by atoms with E-state index in [1.54, 1.807) is 0 Å². The average molecular weight is 197 g/mol. The predicted molar refractivity (Wildman–Crippen MR) is 49.4 cm³/mol. The number of nitrogens with one attached hydrogen (secondary N) is 1. The van der Waals surface area contributed by atoms with E-state index in [0.717, 1.165) is 25.7 Å². The Morgan fingerprint density at radius 3 is 2.86 bits per heavy atom. The molecular formula is C10H15NO3. The van der Waals surface area contributed by atoms with Crippen LogP contribution in [0.2, 0.25) is 0 Å². The fourth-order valence-electron chi connectivity index (χ4n) is 2.61. The summed E-state index contributed by atoms with van der Waals surface area (Å²) in [5.74, 6) is -0.0469. The first-order valence-electron chi connectivity index (χ1n) is 5.12. The van der Waals surface area contributed by atoms with E-state index in [4.69, 9.17) is 0 Å². The molecule has 0 aromatic heterocycles. The number of carbonyl (C=O) groups is 2. The molecule has 0 aromatic carbocycles. The van der Waals surface area contributed by atoms with Gasteiger partial charge in [-0.1, -0.05) is 12.8 Å². The van der Waals surface area contributed by atoms with Crippen LogP contribution in [0.1, 0.15) is 25.7 Å². The largest absolute Gasteiger partial charge is 0.467 e. The van der Waals surface area contributed by atoms with Gasteiger partial charge in [-0.2, -0.15) is 0 Å². The Labute approximate surface area is 83.0 Å². The Morgan fingerprint density at radius 2 is 2.14 bits per heavy atom. The molecule has 2 fully saturated rings. The van der Waals surface area contributed by atoms with Crippen molar-refractivity contribution >= 4 is 11.9 Å². The van der Waals surface area contributed by atoms with Crippen molar-refractivity contribution in [1.82, 2.24) is 5.32 Å². The van der Waals surface area contributed by atoms with Crippen LogP contribution in [0.3, 0.4) is 0 Å². The topological polar surface area (TPSA) is 55.4 Å². The van der Waals surface area contributed by atoms with Crippen LogP contribution in [0.4, 0.5) is 0 Å². The van der Waals surface area contributed by atoms with Crippen LogP contribution in [-0.2, 0) is 14.3 Å². The first-order valence-corrected chi connectivity index (χ1v) is 5.12. The van der Waals surface area contributed by atoms with E-state index in [9.17, 15) is 9.59 Å². The fourth-order valence-corrected chi connectivity index (χ4v) is 2.61. The molecule has 1 amide bonds. The minimum atomic E-state index is -0.391. The molecule has 4 nitrogen and oxygen atoms in total. The molecule has 2 rings (SSSR count). The molecule has 1 heterocycles. The first kappa shape index (κ1) is 9.49. The SMILES string of the molecule is COC(=O)[C@@H]1NC(=O)[C@@H]2CCCC[C@@H]21. The highest BCUT2D eigenvalue weighted by Crippen LogP contribution is 2.36. The molecule has 78 valence electrons. The molecule has 14 heavy (non-hydrogen) atoms. The molecule has 4 heteroatoms. The molecule has 1 N–H and O–H groups in total. The summed E-state index contributed by atoms with van der Waals surface area (Å²) >= 11 is 0. The van der Waals surface area contributed by atoms with Crippen molar-refractivity contribution in [2.45, 2.75) is 31.7 Å². The van der Waals surface area contributed by atoms with E-state index in [1.807, 2.05) is 0 Å². The highest BCUT2D eigenvalue weighted by molar-refractivity contribution is 5.90. The number of hydrogen-bond donors (Lipinski definition) is 1. The van der Waals surface area contributed by atoms with Gasteiger partial charge in [-0.05, 0) is 12.8 Å². The summed E-state index contributed by atoms with van der Waals surface area (Å²) in [6.45, 7) is 0. The normalized spacial score (nSPS) is 36.1. The number of amides is 1. The van der Waals surface area contributed by atoms with Crippen molar-refractivity contribution in [3.63, 3.8) is 0 Å². The average Bonchev–Trinajstić information content (AvgIpc) is 2.56. The van der Waals surface area contributed by atoms with Crippen LogP contribution in [0.25, 0.3) is 0 Å². The van der Waals surface area contributed by atoms with Gasteiger partial charge in [0.05, 0.1) is 7.11 Å². The van der Waals surface area contributed by atoms with Crippen LogP contribution in [-0.4, -0.2) is 25.0 Å². The second-order valence-corrected chi connectivity index (χ2v) is 4.06. The third kappa shape index (κ3) is 1.38. The van der Waals surface area contributed by atoms with Crippen molar-refractivity contribution in [3.8, 4) is 0 Å². The minimum absolute atomic E-state index is 0.0325. The zero-order chi connectivity index (χ0) is 10.1. The standard InChI is InChI=1S/C10H15NO3/c1-14-10(13)8-6-4-2-3-5-7(6)9(12)11-8/h6-8H,2-5H2,1H3,(H,11,12)/t6-,7+,8+/m0/s1. The molecule has 1 aliphatic carbocycles. The van der Waals surface area contributed by atoms with Gasteiger partial charge in [-0.3, -0.25) is 4.79 Å². The van der Waals surface area contributed by atoms with E-state index in [2.05, 4.69) is 10.1 Å². The van der Waals surface area contributed by atoms with Crippen LogP contribution in [0.15, 0.2) is 0 Å². The molecule has 0 unspecified atom stereocenters. The monoisotopic (exact) mass is 197 g/mol. The summed E-state index contributed by atoms with van der Waals surface area (Å²) in [5.41, 5.74) is 0. The lowest BCUT2D eigenvalue weighted by Gasteiger charge is -2.24. The number of ether oxygens (including phenoxy) is 1. The molecule has 0 aromatic rings. The van der Waals surface area contributed by atoms with Crippen molar-refractivity contribution in [2.75, 3.05) is 7.11 Å². The summed E-state index contributed by atoms with van der Waals surface area (Å²) < 4.78 is 4.68. The zero-order valence-corrected chi connectivity index (χ0v) is 8.29. The lowest BCUT2D eigenvalue weighted by atomic mass is 9.78. The number of fused-ring (bicyclic) bond motifs is 1. The number of methoxy groups -OCH3 is 1. The molecule has 1 saturated heterocycles. The molecule has 0 radical (unpaired) electrons. The van der Waals surface area contributed by atoms with E-state index in [1.165, 1.54) is 7.11 Å². The number of hydrogen-bond acceptors (Lipinski definition) is 3. The molecule has 2 aliphatic rings. The van der Waals surface area contributed by atoms with Gasteiger partial charge in [0.15, 0.2) is 0 Å². The molecule has 1 aliphatic heterocycles. The fraction of sp³-hybridized carbons (Fsp3) is 0.800.